The van der Waals surface area contributed by atoms with E-state index < -0.39 is 0 Å². The van der Waals surface area contributed by atoms with E-state index in [9.17, 15) is 9.18 Å². The van der Waals surface area contributed by atoms with E-state index in [0.29, 0.717) is 17.4 Å². The van der Waals surface area contributed by atoms with Gasteiger partial charge in [-0.15, -0.1) is 12.4 Å². The lowest BCUT2D eigenvalue weighted by molar-refractivity contribution is 0.0757. The van der Waals surface area contributed by atoms with Gasteiger partial charge >= 0.3 is 0 Å². The average Bonchev–Trinajstić information content (AvgIpc) is 3.17. The first-order chi connectivity index (χ1) is 12.1. The lowest BCUT2D eigenvalue weighted by atomic mass is 9.92. The molecule has 2 aromatic rings. The number of likely N-dealkylation sites (tertiary alicyclic amines) is 1. The number of hydrogen-bond donors (Lipinski definition) is 1. The number of fused-ring (bicyclic) bond motifs is 1. The van der Waals surface area contributed by atoms with Gasteiger partial charge in [0.2, 0.25) is 0 Å². The highest BCUT2D eigenvalue weighted by Gasteiger charge is 2.32. The number of rotatable bonds is 2. The minimum Gasteiger partial charge on any atom is -0.339 e. The van der Waals surface area contributed by atoms with Crippen LogP contribution in [0.25, 0.3) is 5.69 Å². The van der Waals surface area contributed by atoms with Crippen LogP contribution in [-0.2, 0) is 0 Å². The molecule has 1 N–H and O–H groups in total. The molecule has 2 fully saturated rings. The maximum Gasteiger partial charge on any atom is 0.257 e. The van der Waals surface area contributed by atoms with Gasteiger partial charge in [0.25, 0.3) is 5.91 Å². The van der Waals surface area contributed by atoms with Crippen LogP contribution in [0.1, 0.15) is 28.9 Å². The molecule has 0 spiro atoms. The zero-order valence-corrected chi connectivity index (χ0v) is 15.6. The van der Waals surface area contributed by atoms with E-state index in [-0.39, 0.29) is 24.1 Å². The van der Waals surface area contributed by atoms with E-state index in [1.807, 2.05) is 11.8 Å². The van der Waals surface area contributed by atoms with Crippen molar-refractivity contribution in [3.63, 3.8) is 0 Å². The number of nitrogens with one attached hydrogen (secondary N) is 1. The van der Waals surface area contributed by atoms with Crippen LogP contribution < -0.4 is 5.32 Å². The number of carbonyl (C=O) groups excluding carboxylic acids is 1. The van der Waals surface area contributed by atoms with Gasteiger partial charge in [0.05, 0.1) is 23.1 Å². The highest BCUT2D eigenvalue weighted by molar-refractivity contribution is 5.95. The summed E-state index contributed by atoms with van der Waals surface area (Å²) in [7, 11) is 0. The van der Waals surface area contributed by atoms with Crippen LogP contribution in [0.2, 0.25) is 0 Å². The Balaban J connectivity index is 0.00000196. The maximum absolute atomic E-state index is 13.1. The summed E-state index contributed by atoms with van der Waals surface area (Å²) in [6, 6.07) is 6.15. The Bertz CT molecular complexity index is 762. The van der Waals surface area contributed by atoms with Crippen molar-refractivity contribution in [2.24, 2.45) is 11.8 Å². The topological polar surface area (TPSA) is 50.2 Å². The summed E-state index contributed by atoms with van der Waals surface area (Å²) >= 11 is 0. The molecule has 140 valence electrons. The minimum absolute atomic E-state index is 0. The van der Waals surface area contributed by atoms with Crippen LogP contribution in [0.3, 0.4) is 0 Å². The third kappa shape index (κ3) is 3.48. The van der Waals surface area contributed by atoms with Crippen molar-refractivity contribution in [2.75, 3.05) is 26.2 Å². The summed E-state index contributed by atoms with van der Waals surface area (Å²) in [5, 5.41) is 7.81. The second-order valence-electron chi connectivity index (χ2n) is 7.08. The minimum atomic E-state index is -0.283. The van der Waals surface area contributed by atoms with Crippen molar-refractivity contribution in [3.8, 4) is 5.69 Å². The Kier molecular flexibility index (Phi) is 5.63. The van der Waals surface area contributed by atoms with E-state index in [1.165, 1.54) is 12.1 Å². The van der Waals surface area contributed by atoms with Gasteiger partial charge in [0, 0.05) is 13.1 Å². The molecule has 5 nitrogen and oxygen atoms in total. The zero-order chi connectivity index (χ0) is 17.4. The van der Waals surface area contributed by atoms with Crippen molar-refractivity contribution in [2.45, 2.75) is 19.8 Å². The van der Waals surface area contributed by atoms with Gasteiger partial charge in [-0.05, 0) is 69.0 Å². The fourth-order valence-corrected chi connectivity index (χ4v) is 4.05. The number of halogens is 2. The molecule has 0 bridgehead atoms. The average molecular weight is 379 g/mol. The summed E-state index contributed by atoms with van der Waals surface area (Å²) in [4.78, 5) is 15.0. The summed E-state index contributed by atoms with van der Waals surface area (Å²) in [5.41, 5.74) is 2.19. The molecule has 0 unspecified atom stereocenters. The van der Waals surface area contributed by atoms with E-state index in [0.717, 1.165) is 50.4 Å². The smallest absolute Gasteiger partial charge is 0.257 e. The van der Waals surface area contributed by atoms with Gasteiger partial charge in [-0.1, -0.05) is 0 Å². The van der Waals surface area contributed by atoms with Crippen LogP contribution >= 0.6 is 12.4 Å². The molecule has 26 heavy (non-hydrogen) atoms. The highest BCUT2D eigenvalue weighted by Crippen LogP contribution is 2.28. The SMILES string of the molecule is Cc1c(C(=O)N2CC[C@@H]3CNC[C@@H]3CC2)cnn1-c1ccc(F)cc1.Cl. The van der Waals surface area contributed by atoms with Crippen molar-refractivity contribution < 1.29 is 9.18 Å². The van der Waals surface area contributed by atoms with E-state index in [4.69, 9.17) is 0 Å². The first-order valence-electron chi connectivity index (χ1n) is 8.94. The molecular weight excluding hydrogens is 355 g/mol. The van der Waals surface area contributed by atoms with Crippen molar-refractivity contribution in [3.05, 3.63) is 47.5 Å². The predicted octanol–water partition coefficient (Wildman–Crippen LogP) is 2.81. The van der Waals surface area contributed by atoms with Crippen LogP contribution in [0.15, 0.2) is 30.5 Å². The molecule has 7 heteroatoms. The van der Waals surface area contributed by atoms with Crippen LogP contribution in [-0.4, -0.2) is 46.8 Å². The first kappa shape index (κ1) is 18.9. The van der Waals surface area contributed by atoms with Crippen LogP contribution in [0.4, 0.5) is 4.39 Å². The normalized spacial score (nSPS) is 22.5. The lowest BCUT2D eigenvalue weighted by Crippen LogP contribution is -2.33. The lowest BCUT2D eigenvalue weighted by Gasteiger charge is -2.20. The number of nitrogens with zero attached hydrogens (tertiary/aromatic N) is 3. The number of aromatic nitrogens is 2. The van der Waals surface area contributed by atoms with Gasteiger partial charge in [0.15, 0.2) is 0 Å². The van der Waals surface area contributed by atoms with Gasteiger partial charge in [-0.3, -0.25) is 4.79 Å². The zero-order valence-electron chi connectivity index (χ0n) is 14.8. The standard InChI is InChI=1S/C19H23FN4O.ClH/c1-13-18(12-22-24(13)17-4-2-16(20)3-5-17)19(25)23-8-6-14-10-21-11-15(14)7-9-23;/h2-5,12,14-15,21H,6-11H2,1H3;1H/t14-,15+;. The summed E-state index contributed by atoms with van der Waals surface area (Å²) in [5.74, 6) is 1.16. The maximum atomic E-state index is 13.1. The second-order valence-corrected chi connectivity index (χ2v) is 7.08. The Labute approximate surface area is 159 Å². The largest absolute Gasteiger partial charge is 0.339 e. The van der Waals surface area contributed by atoms with Gasteiger partial charge < -0.3 is 10.2 Å². The Hall–Kier alpha value is -1.92. The molecule has 0 radical (unpaired) electrons. The molecule has 2 saturated heterocycles. The van der Waals surface area contributed by atoms with Gasteiger partial charge in [-0.25, -0.2) is 9.07 Å². The Morgan fingerprint density at radius 3 is 2.38 bits per heavy atom. The fraction of sp³-hybridized carbons (Fsp3) is 0.474. The number of amides is 1. The van der Waals surface area contributed by atoms with E-state index in [1.54, 1.807) is 23.0 Å². The first-order valence-corrected chi connectivity index (χ1v) is 8.94. The number of carbonyl (C=O) groups is 1. The van der Waals surface area contributed by atoms with Crippen molar-refractivity contribution >= 4 is 18.3 Å². The monoisotopic (exact) mass is 378 g/mol. The molecule has 1 aromatic heterocycles. The third-order valence-corrected chi connectivity index (χ3v) is 5.62. The summed E-state index contributed by atoms with van der Waals surface area (Å²) in [6.07, 6.45) is 3.76. The molecule has 0 aliphatic carbocycles. The van der Waals surface area contributed by atoms with Gasteiger partial charge in [-0.2, -0.15) is 5.10 Å². The molecule has 2 aliphatic heterocycles. The molecule has 3 heterocycles. The molecule has 0 saturated carbocycles. The summed E-state index contributed by atoms with van der Waals surface area (Å²) in [6.45, 7) is 5.66. The molecular formula is C19H24ClFN4O. The molecule has 2 atom stereocenters. The van der Waals surface area contributed by atoms with E-state index >= 15 is 0 Å². The number of benzene rings is 1. The summed E-state index contributed by atoms with van der Waals surface area (Å²) < 4.78 is 14.8. The second kappa shape index (κ2) is 7.76. The van der Waals surface area contributed by atoms with Crippen LogP contribution in [0.5, 0.6) is 0 Å². The predicted molar refractivity (Wildman–Crippen MR) is 100 cm³/mol. The van der Waals surface area contributed by atoms with Crippen molar-refractivity contribution in [1.82, 2.24) is 20.0 Å². The van der Waals surface area contributed by atoms with E-state index in [2.05, 4.69) is 10.4 Å². The fourth-order valence-electron chi connectivity index (χ4n) is 4.05. The quantitative estimate of drug-likeness (QED) is 0.874. The van der Waals surface area contributed by atoms with Crippen molar-refractivity contribution in [1.29, 1.82) is 0 Å². The Morgan fingerprint density at radius 1 is 1.15 bits per heavy atom. The molecule has 1 aromatic carbocycles. The molecule has 2 aliphatic rings. The highest BCUT2D eigenvalue weighted by atomic mass is 35.5. The molecule has 4 rings (SSSR count). The van der Waals surface area contributed by atoms with Crippen LogP contribution in [0, 0.1) is 24.6 Å². The Morgan fingerprint density at radius 2 is 1.77 bits per heavy atom. The third-order valence-electron chi connectivity index (χ3n) is 5.62. The van der Waals surface area contributed by atoms with Gasteiger partial charge in [0.1, 0.15) is 5.82 Å². The molecule has 1 amide bonds. The number of hydrogen-bond acceptors (Lipinski definition) is 3.